The molecule has 2 nitrogen and oxygen atoms in total. The van der Waals surface area contributed by atoms with Gasteiger partial charge in [-0.25, -0.2) is 9.89 Å². The Morgan fingerprint density at radius 2 is 1.94 bits per heavy atom. The number of benzene rings is 1. The molecule has 0 aliphatic carbocycles. The number of hydrogen-bond donors (Lipinski definition) is 1. The summed E-state index contributed by atoms with van der Waals surface area (Å²) in [5.41, 5.74) is 2.61. The maximum absolute atomic E-state index is 4.55. The third-order valence-electron chi connectivity index (χ3n) is 2.68. The van der Waals surface area contributed by atoms with E-state index in [1.54, 1.807) is 11.8 Å². The molecular formula is C13H16BrN2S+. The lowest BCUT2D eigenvalue weighted by molar-refractivity contribution is -0.715. The summed E-state index contributed by atoms with van der Waals surface area (Å²) in [6.07, 6.45) is 0. The monoisotopic (exact) mass is 311 g/mol. The van der Waals surface area contributed by atoms with Crippen molar-refractivity contribution in [3.8, 4) is 0 Å². The molecule has 2 rings (SSSR count). The average Bonchev–Trinajstić information content (AvgIpc) is 2.73. The second kappa shape index (κ2) is 5.85. The first-order chi connectivity index (χ1) is 8.26. The molecule has 1 atom stereocenters. The summed E-state index contributed by atoms with van der Waals surface area (Å²) >= 11 is 5.21. The summed E-state index contributed by atoms with van der Waals surface area (Å²) < 4.78 is 1.12. The highest BCUT2D eigenvalue weighted by atomic mass is 79.9. The summed E-state index contributed by atoms with van der Waals surface area (Å²) in [7, 11) is 0. The van der Waals surface area contributed by atoms with Crippen molar-refractivity contribution < 1.29 is 4.90 Å². The molecule has 1 aromatic carbocycles. The quantitative estimate of drug-likeness (QED) is 0.908. The zero-order valence-corrected chi connectivity index (χ0v) is 12.4. The molecule has 0 radical (unpaired) electrons. The number of halogens is 1. The predicted octanol–water partition coefficient (Wildman–Crippen LogP) is 2.78. The van der Waals surface area contributed by atoms with E-state index >= 15 is 0 Å². The van der Waals surface area contributed by atoms with Crippen molar-refractivity contribution in [1.82, 2.24) is 0 Å². The lowest BCUT2D eigenvalue weighted by Gasteiger charge is -2.13. The molecule has 0 spiro atoms. The van der Waals surface area contributed by atoms with Gasteiger partial charge in [-0.15, -0.1) is 0 Å². The maximum atomic E-state index is 4.55. The van der Waals surface area contributed by atoms with E-state index in [4.69, 9.17) is 0 Å². The van der Waals surface area contributed by atoms with E-state index in [2.05, 4.69) is 64.4 Å². The minimum Gasteiger partial charge on any atom is -0.247 e. The van der Waals surface area contributed by atoms with Gasteiger partial charge in [0.2, 0.25) is 0 Å². The van der Waals surface area contributed by atoms with Crippen LogP contribution < -0.4 is 4.90 Å². The molecule has 0 saturated heterocycles. The summed E-state index contributed by atoms with van der Waals surface area (Å²) in [5.74, 6) is 0. The van der Waals surface area contributed by atoms with Gasteiger partial charge in [0.05, 0.1) is 6.54 Å². The molecule has 17 heavy (non-hydrogen) atoms. The molecule has 1 aromatic rings. The van der Waals surface area contributed by atoms with Crippen LogP contribution in [-0.4, -0.2) is 18.3 Å². The smallest absolute Gasteiger partial charge is 0.247 e. The first-order valence-electron chi connectivity index (χ1n) is 5.80. The number of nitrogens with zero attached hydrogens (tertiary/aromatic N) is 1. The van der Waals surface area contributed by atoms with Crippen molar-refractivity contribution in [1.29, 1.82) is 0 Å². The van der Waals surface area contributed by atoms with Crippen molar-refractivity contribution in [2.45, 2.75) is 13.8 Å². The number of thioether (sulfide) groups is 1. The number of quaternary nitrogens is 1. The minimum atomic E-state index is 0.854. The SMILES string of the molecule is CCN=C1SC=C(c2ccc(Br)cc2)[NH+]1CC. The second-order valence-corrected chi connectivity index (χ2v) is 5.54. The molecule has 0 bridgehead atoms. The maximum Gasteiger partial charge on any atom is 0.267 e. The molecule has 0 aromatic heterocycles. The van der Waals surface area contributed by atoms with Crippen LogP contribution in [0, 0.1) is 0 Å². The van der Waals surface area contributed by atoms with E-state index in [0.717, 1.165) is 17.6 Å². The fraction of sp³-hybridized carbons (Fsp3) is 0.308. The summed E-state index contributed by atoms with van der Waals surface area (Å²) in [4.78, 5) is 5.92. The van der Waals surface area contributed by atoms with Crippen LogP contribution >= 0.6 is 27.7 Å². The van der Waals surface area contributed by atoms with Crippen LogP contribution in [0.25, 0.3) is 5.70 Å². The lowest BCUT2D eigenvalue weighted by Crippen LogP contribution is -3.10. The Labute approximate surface area is 115 Å². The second-order valence-electron chi connectivity index (χ2n) is 3.77. The Bertz CT molecular complexity index is 451. The average molecular weight is 312 g/mol. The third kappa shape index (κ3) is 2.81. The Balaban J connectivity index is 2.28. The highest BCUT2D eigenvalue weighted by molar-refractivity contribution is 9.10. The molecule has 0 fully saturated rings. The van der Waals surface area contributed by atoms with Crippen LogP contribution in [-0.2, 0) is 0 Å². The van der Waals surface area contributed by atoms with Crippen molar-refractivity contribution in [2.24, 2.45) is 4.99 Å². The molecule has 1 aliphatic heterocycles. The zero-order valence-electron chi connectivity index (χ0n) is 10.0. The first kappa shape index (κ1) is 12.9. The van der Waals surface area contributed by atoms with E-state index in [1.165, 1.54) is 21.3 Å². The fourth-order valence-electron chi connectivity index (χ4n) is 1.86. The Morgan fingerprint density at radius 3 is 2.53 bits per heavy atom. The highest BCUT2D eigenvalue weighted by Crippen LogP contribution is 2.21. The molecule has 1 aliphatic rings. The largest absolute Gasteiger partial charge is 0.267 e. The van der Waals surface area contributed by atoms with Crippen molar-refractivity contribution in [3.05, 3.63) is 39.7 Å². The van der Waals surface area contributed by atoms with Gasteiger partial charge in [0.15, 0.2) is 5.70 Å². The molecule has 1 heterocycles. The first-order valence-corrected chi connectivity index (χ1v) is 7.47. The summed E-state index contributed by atoms with van der Waals surface area (Å²) in [6.45, 7) is 6.17. The fourth-order valence-corrected chi connectivity index (χ4v) is 3.23. The number of aliphatic imine (C=N–C) groups is 1. The van der Waals surface area contributed by atoms with Gasteiger partial charge in [-0.2, -0.15) is 0 Å². The molecular weight excluding hydrogens is 296 g/mol. The van der Waals surface area contributed by atoms with E-state index in [9.17, 15) is 0 Å². The molecule has 0 amide bonds. The Hall–Kier alpha value is -0.580. The Kier molecular flexibility index (Phi) is 4.42. The number of rotatable bonds is 3. The number of hydrogen-bond acceptors (Lipinski definition) is 2. The van der Waals surface area contributed by atoms with E-state index < -0.39 is 0 Å². The van der Waals surface area contributed by atoms with E-state index in [0.29, 0.717) is 0 Å². The topological polar surface area (TPSA) is 16.8 Å². The van der Waals surface area contributed by atoms with Gasteiger partial charge in [-0.3, -0.25) is 0 Å². The van der Waals surface area contributed by atoms with Gasteiger partial charge < -0.3 is 0 Å². The van der Waals surface area contributed by atoms with Crippen molar-refractivity contribution in [3.63, 3.8) is 0 Å². The zero-order chi connectivity index (χ0) is 12.3. The van der Waals surface area contributed by atoms with E-state index in [-0.39, 0.29) is 0 Å². The van der Waals surface area contributed by atoms with Gasteiger partial charge in [0.1, 0.15) is 0 Å². The Morgan fingerprint density at radius 1 is 1.24 bits per heavy atom. The van der Waals surface area contributed by atoms with Crippen LogP contribution in [0.1, 0.15) is 19.4 Å². The molecule has 1 N–H and O–H groups in total. The standard InChI is InChI=1S/C13H15BrN2S/c1-3-15-13-16(4-2)12(9-17-13)10-5-7-11(14)8-6-10/h5-9H,3-4H2,1-2H3/p+1. The van der Waals surface area contributed by atoms with Gasteiger partial charge in [0.25, 0.3) is 5.17 Å². The van der Waals surface area contributed by atoms with Gasteiger partial charge in [-0.1, -0.05) is 15.9 Å². The molecule has 1 unspecified atom stereocenters. The minimum absolute atomic E-state index is 0.854. The summed E-state index contributed by atoms with van der Waals surface area (Å²) in [6, 6.07) is 8.48. The van der Waals surface area contributed by atoms with Gasteiger partial charge >= 0.3 is 0 Å². The molecule has 4 heteroatoms. The summed E-state index contributed by atoms with van der Waals surface area (Å²) in [5, 5.41) is 3.41. The van der Waals surface area contributed by atoms with Crippen LogP contribution in [0.15, 0.2) is 39.1 Å². The third-order valence-corrected chi connectivity index (χ3v) is 4.16. The molecule has 0 saturated carbocycles. The van der Waals surface area contributed by atoms with Gasteiger partial charge in [-0.05, 0) is 49.9 Å². The number of amidine groups is 1. The van der Waals surface area contributed by atoms with Crippen LogP contribution in [0.3, 0.4) is 0 Å². The van der Waals surface area contributed by atoms with Crippen LogP contribution in [0.2, 0.25) is 0 Å². The lowest BCUT2D eigenvalue weighted by atomic mass is 10.1. The van der Waals surface area contributed by atoms with Crippen molar-refractivity contribution >= 4 is 38.6 Å². The van der Waals surface area contributed by atoms with Gasteiger partial charge in [0, 0.05) is 22.0 Å². The van der Waals surface area contributed by atoms with Crippen LogP contribution in [0.5, 0.6) is 0 Å². The van der Waals surface area contributed by atoms with Crippen LogP contribution in [0.4, 0.5) is 0 Å². The number of nitrogens with one attached hydrogen (secondary N) is 1. The molecule has 90 valence electrons. The highest BCUT2D eigenvalue weighted by Gasteiger charge is 2.28. The predicted molar refractivity (Wildman–Crippen MR) is 79.2 cm³/mol. The van der Waals surface area contributed by atoms with E-state index in [1.807, 2.05) is 0 Å². The van der Waals surface area contributed by atoms with Crippen molar-refractivity contribution in [2.75, 3.05) is 13.1 Å². The normalized spacial score (nSPS) is 21.9.